The van der Waals surface area contributed by atoms with Gasteiger partial charge in [0, 0.05) is 26.1 Å². The number of likely N-dealkylation sites (N-methyl/N-ethyl adjacent to an activating group) is 1. The maximum Gasteiger partial charge on any atom is 0.217 e. The molecule has 1 aliphatic rings. The van der Waals surface area contributed by atoms with Crippen molar-refractivity contribution < 1.29 is 4.79 Å². The minimum absolute atomic E-state index is 0.0907. The number of hydrogen-bond acceptors (Lipinski definition) is 2. The van der Waals surface area contributed by atoms with Crippen LogP contribution in [0.4, 0.5) is 0 Å². The average molecular weight is 216 g/mol. The molecule has 0 radical (unpaired) electrons. The van der Waals surface area contributed by atoms with Gasteiger partial charge in [-0.15, -0.1) is 0 Å². The Balaban J connectivity index is 0. The highest BCUT2D eigenvalue weighted by Crippen LogP contribution is 2.07. The largest absolute Gasteiger partial charge is 0.352 e. The molecular formula is C12H28N2O. The van der Waals surface area contributed by atoms with Crippen molar-refractivity contribution in [1.29, 1.82) is 0 Å². The number of carbonyl (C=O) groups is 1. The summed E-state index contributed by atoms with van der Waals surface area (Å²) in [6.07, 6.45) is 1.10. The number of rotatable bonds is 2. The minimum Gasteiger partial charge on any atom is -0.352 e. The number of nitrogens with one attached hydrogen (secondary N) is 1. The Morgan fingerprint density at radius 1 is 1.33 bits per heavy atom. The first-order chi connectivity index (χ1) is 7.22. The third kappa shape index (κ3) is 8.43. The van der Waals surface area contributed by atoms with Crippen molar-refractivity contribution in [3.63, 3.8) is 0 Å². The fraction of sp³-hybridized carbons (Fsp3) is 0.917. The zero-order chi connectivity index (χ0) is 12.3. The standard InChI is InChI=1S/C8H16N2O.2C2H6/c1-3-10-5-4-8(6-10)9-7(2)11;2*1-2/h8H,3-6H2,1-2H3,(H,9,11);2*1-2H3. The van der Waals surface area contributed by atoms with E-state index in [1.54, 1.807) is 6.92 Å². The third-order valence-corrected chi connectivity index (χ3v) is 2.13. The zero-order valence-electron chi connectivity index (χ0n) is 11.3. The molecule has 1 rings (SSSR count). The number of hydrogen-bond donors (Lipinski definition) is 1. The molecule has 0 aliphatic carbocycles. The van der Waals surface area contributed by atoms with Crippen molar-refractivity contribution in [2.24, 2.45) is 0 Å². The molecule has 0 bridgehead atoms. The van der Waals surface area contributed by atoms with Crippen molar-refractivity contribution in [3.05, 3.63) is 0 Å². The molecule has 1 amide bonds. The summed E-state index contributed by atoms with van der Waals surface area (Å²) in [7, 11) is 0. The van der Waals surface area contributed by atoms with E-state index in [-0.39, 0.29) is 5.91 Å². The van der Waals surface area contributed by atoms with Crippen LogP contribution >= 0.6 is 0 Å². The summed E-state index contributed by atoms with van der Waals surface area (Å²) in [5.41, 5.74) is 0. The van der Waals surface area contributed by atoms with Crippen LogP contribution in [0.15, 0.2) is 0 Å². The van der Waals surface area contributed by atoms with E-state index in [0.29, 0.717) is 6.04 Å². The van der Waals surface area contributed by atoms with Crippen LogP contribution in [0.5, 0.6) is 0 Å². The van der Waals surface area contributed by atoms with E-state index in [9.17, 15) is 4.79 Å². The highest BCUT2D eigenvalue weighted by molar-refractivity contribution is 5.73. The molecule has 1 fully saturated rings. The monoisotopic (exact) mass is 216 g/mol. The first-order valence-corrected chi connectivity index (χ1v) is 6.22. The molecule has 3 nitrogen and oxygen atoms in total. The first-order valence-electron chi connectivity index (χ1n) is 6.22. The second kappa shape index (κ2) is 11.5. The molecule has 1 N–H and O–H groups in total. The smallest absolute Gasteiger partial charge is 0.217 e. The molecule has 1 heterocycles. The van der Waals surface area contributed by atoms with Crippen LogP contribution in [-0.4, -0.2) is 36.5 Å². The number of carbonyl (C=O) groups excluding carboxylic acids is 1. The number of amides is 1. The van der Waals surface area contributed by atoms with Gasteiger partial charge in [-0.2, -0.15) is 0 Å². The van der Waals surface area contributed by atoms with Crippen LogP contribution in [0.1, 0.15) is 48.0 Å². The molecule has 0 aromatic heterocycles. The fourth-order valence-corrected chi connectivity index (χ4v) is 1.53. The summed E-state index contributed by atoms with van der Waals surface area (Å²) < 4.78 is 0. The molecule has 0 aromatic rings. The Kier molecular flexibility index (Phi) is 12.9. The number of nitrogens with zero attached hydrogens (tertiary/aromatic N) is 1. The molecule has 1 atom stereocenters. The average Bonchev–Trinajstić information content (AvgIpc) is 2.70. The molecule has 1 aliphatic heterocycles. The summed E-state index contributed by atoms with van der Waals surface area (Å²) in [4.78, 5) is 13.0. The van der Waals surface area contributed by atoms with Crippen LogP contribution in [0.25, 0.3) is 0 Å². The van der Waals surface area contributed by atoms with Gasteiger partial charge < -0.3 is 10.2 Å². The molecular weight excluding hydrogens is 188 g/mol. The molecule has 1 unspecified atom stereocenters. The van der Waals surface area contributed by atoms with E-state index in [2.05, 4.69) is 17.1 Å². The Bertz CT molecular complexity index is 149. The van der Waals surface area contributed by atoms with E-state index in [0.717, 1.165) is 26.1 Å². The lowest BCUT2D eigenvalue weighted by Crippen LogP contribution is -2.35. The molecule has 0 saturated carbocycles. The van der Waals surface area contributed by atoms with Crippen molar-refractivity contribution in [1.82, 2.24) is 10.2 Å². The predicted octanol–water partition coefficient (Wildman–Crippen LogP) is 2.27. The van der Waals surface area contributed by atoms with Gasteiger partial charge in [0.1, 0.15) is 0 Å². The van der Waals surface area contributed by atoms with Crippen LogP contribution in [-0.2, 0) is 4.79 Å². The van der Waals surface area contributed by atoms with Gasteiger partial charge in [0.2, 0.25) is 5.91 Å². The Hall–Kier alpha value is -0.570. The van der Waals surface area contributed by atoms with Gasteiger partial charge >= 0.3 is 0 Å². The zero-order valence-corrected chi connectivity index (χ0v) is 11.3. The molecule has 15 heavy (non-hydrogen) atoms. The van der Waals surface area contributed by atoms with Crippen molar-refractivity contribution in [2.45, 2.75) is 54.0 Å². The van der Waals surface area contributed by atoms with E-state index in [1.165, 1.54) is 0 Å². The fourth-order valence-electron chi connectivity index (χ4n) is 1.53. The molecule has 0 spiro atoms. The first kappa shape index (κ1) is 16.8. The van der Waals surface area contributed by atoms with Crippen LogP contribution in [0, 0.1) is 0 Å². The van der Waals surface area contributed by atoms with E-state index < -0.39 is 0 Å². The van der Waals surface area contributed by atoms with E-state index >= 15 is 0 Å². The van der Waals surface area contributed by atoms with Gasteiger partial charge in [-0.25, -0.2) is 0 Å². The van der Waals surface area contributed by atoms with Gasteiger partial charge in [-0.1, -0.05) is 34.6 Å². The molecule has 1 saturated heterocycles. The molecule has 0 aromatic carbocycles. The van der Waals surface area contributed by atoms with E-state index in [1.807, 2.05) is 27.7 Å². The van der Waals surface area contributed by atoms with Gasteiger partial charge in [-0.05, 0) is 13.0 Å². The van der Waals surface area contributed by atoms with Crippen LogP contribution < -0.4 is 5.32 Å². The van der Waals surface area contributed by atoms with Crippen molar-refractivity contribution in [2.75, 3.05) is 19.6 Å². The van der Waals surface area contributed by atoms with E-state index in [4.69, 9.17) is 0 Å². The summed E-state index contributed by atoms with van der Waals surface area (Å²) in [5, 5.41) is 2.93. The predicted molar refractivity (Wildman–Crippen MR) is 67.0 cm³/mol. The summed E-state index contributed by atoms with van der Waals surface area (Å²) >= 11 is 0. The molecule has 3 heteroatoms. The maximum absolute atomic E-state index is 10.7. The van der Waals surface area contributed by atoms with Crippen molar-refractivity contribution >= 4 is 5.91 Å². The van der Waals surface area contributed by atoms with Crippen molar-refractivity contribution in [3.8, 4) is 0 Å². The van der Waals surface area contributed by atoms with Crippen LogP contribution in [0.3, 0.4) is 0 Å². The highest BCUT2D eigenvalue weighted by Gasteiger charge is 2.20. The lowest BCUT2D eigenvalue weighted by molar-refractivity contribution is -0.119. The third-order valence-electron chi connectivity index (χ3n) is 2.13. The maximum atomic E-state index is 10.7. The second-order valence-electron chi connectivity index (χ2n) is 3.08. The van der Waals surface area contributed by atoms with Gasteiger partial charge in [-0.3, -0.25) is 4.79 Å². The SMILES string of the molecule is CC.CC.CCN1CCC(NC(C)=O)C1. The topological polar surface area (TPSA) is 32.3 Å². The summed E-state index contributed by atoms with van der Waals surface area (Å²) in [5.74, 6) is 0.0907. The van der Waals surface area contributed by atoms with Gasteiger partial charge in [0.25, 0.3) is 0 Å². The lowest BCUT2D eigenvalue weighted by Gasteiger charge is -2.13. The lowest BCUT2D eigenvalue weighted by atomic mass is 10.3. The Morgan fingerprint density at radius 2 is 1.87 bits per heavy atom. The summed E-state index contributed by atoms with van der Waals surface area (Å²) in [6, 6.07) is 0.396. The quantitative estimate of drug-likeness (QED) is 0.768. The Labute approximate surface area is 95.2 Å². The summed E-state index contributed by atoms with van der Waals surface area (Å²) in [6.45, 7) is 15.0. The van der Waals surface area contributed by atoms with Gasteiger partial charge in [0.05, 0.1) is 0 Å². The molecule has 92 valence electrons. The highest BCUT2D eigenvalue weighted by atomic mass is 16.1. The normalized spacial score (nSPS) is 19.5. The minimum atomic E-state index is 0.0907. The number of likely N-dealkylation sites (tertiary alicyclic amines) is 1. The van der Waals surface area contributed by atoms with Gasteiger partial charge in [0.15, 0.2) is 0 Å². The Morgan fingerprint density at radius 3 is 2.20 bits per heavy atom. The second-order valence-corrected chi connectivity index (χ2v) is 3.08. The van der Waals surface area contributed by atoms with Crippen LogP contribution in [0.2, 0.25) is 0 Å².